The Morgan fingerprint density at radius 2 is 0.893 bits per heavy atom. The summed E-state index contributed by atoms with van der Waals surface area (Å²) >= 11 is 0. The van der Waals surface area contributed by atoms with Crippen LogP contribution in [0.25, 0.3) is 60.1 Å². The predicted octanol–water partition coefficient (Wildman–Crippen LogP) is 12.9. The second kappa shape index (κ2) is 13.8. The Hall–Kier alpha value is -5.66. The molecule has 0 aromatic heterocycles. The Morgan fingerprint density at radius 1 is 0.446 bits per heavy atom. The molecule has 9 rings (SSSR count). The van der Waals surface area contributed by atoms with Crippen molar-refractivity contribution in [1.29, 1.82) is 0 Å². The molecule has 0 amide bonds. The summed E-state index contributed by atoms with van der Waals surface area (Å²) in [6.45, 7) is 20.7. The molecule has 1 unspecified atom stereocenters. The first-order valence-electron chi connectivity index (χ1n) is 20.4. The van der Waals surface area contributed by atoms with Gasteiger partial charge in [0.05, 0.1) is 0 Å². The summed E-state index contributed by atoms with van der Waals surface area (Å²) in [6.07, 6.45) is 8.00. The number of allylic oxidation sites excluding steroid dienone is 4. The summed E-state index contributed by atoms with van der Waals surface area (Å²) in [6, 6.07) is 42.4. The Labute approximate surface area is 334 Å². The molecule has 0 spiro atoms. The molecule has 0 bridgehead atoms. The zero-order chi connectivity index (χ0) is 39.0. The van der Waals surface area contributed by atoms with Gasteiger partial charge in [-0.3, -0.25) is 0 Å². The van der Waals surface area contributed by atoms with Gasteiger partial charge in [0.25, 0.3) is 0 Å². The van der Waals surface area contributed by atoms with E-state index in [0.29, 0.717) is 5.92 Å². The number of hydrogen-bond donors (Lipinski definition) is 0. The number of hydrogen-bond acceptors (Lipinski definition) is 0. The normalized spacial score (nSPS) is 14.3. The Kier molecular flexibility index (Phi) is 8.89. The maximum Gasteiger partial charge on any atom is 0.243 e. The van der Waals surface area contributed by atoms with E-state index in [1.165, 1.54) is 127 Å². The highest BCUT2D eigenvalue weighted by atomic mass is 14.3. The van der Waals surface area contributed by atoms with Crippen LogP contribution in [0.4, 0.5) is 0 Å². The molecular formula is C55H51B. The van der Waals surface area contributed by atoms with E-state index in [1.54, 1.807) is 0 Å². The Balaban J connectivity index is 1.52. The van der Waals surface area contributed by atoms with Gasteiger partial charge in [0.2, 0.25) is 6.71 Å². The first kappa shape index (κ1) is 36.0. The van der Waals surface area contributed by atoms with E-state index >= 15 is 0 Å². The number of benzene rings is 8. The third-order valence-corrected chi connectivity index (χ3v) is 12.9. The monoisotopic (exact) mass is 722 g/mol. The molecule has 0 radical (unpaired) electrons. The van der Waals surface area contributed by atoms with Gasteiger partial charge in [0, 0.05) is 0 Å². The summed E-state index contributed by atoms with van der Waals surface area (Å²) in [5.41, 5.74) is 22.9. The van der Waals surface area contributed by atoms with Crippen molar-refractivity contribution in [3.8, 4) is 22.3 Å². The van der Waals surface area contributed by atoms with E-state index in [-0.39, 0.29) is 6.71 Å². The van der Waals surface area contributed by atoms with Crippen molar-refractivity contribution in [3.05, 3.63) is 177 Å². The van der Waals surface area contributed by atoms with Crippen molar-refractivity contribution < 1.29 is 0 Å². The van der Waals surface area contributed by atoms with Gasteiger partial charge >= 0.3 is 0 Å². The van der Waals surface area contributed by atoms with E-state index in [0.717, 1.165) is 6.42 Å². The molecule has 8 aromatic rings. The minimum atomic E-state index is 0.0463. The Morgan fingerprint density at radius 3 is 1.39 bits per heavy atom. The van der Waals surface area contributed by atoms with Crippen LogP contribution in [0.2, 0.25) is 0 Å². The molecule has 1 aliphatic rings. The molecule has 1 heteroatoms. The molecule has 0 saturated carbocycles. The van der Waals surface area contributed by atoms with E-state index in [9.17, 15) is 0 Å². The van der Waals surface area contributed by atoms with Crippen LogP contribution in [0, 0.1) is 61.3 Å². The van der Waals surface area contributed by atoms with Gasteiger partial charge in [0.15, 0.2) is 0 Å². The van der Waals surface area contributed by atoms with Crippen molar-refractivity contribution in [2.45, 2.75) is 68.7 Å². The summed E-state index contributed by atoms with van der Waals surface area (Å²) in [5, 5.41) is 8.09. The molecular weight excluding hydrogens is 671 g/mol. The van der Waals surface area contributed by atoms with Crippen molar-refractivity contribution >= 4 is 61.0 Å². The van der Waals surface area contributed by atoms with Crippen LogP contribution >= 0.6 is 0 Å². The van der Waals surface area contributed by atoms with Gasteiger partial charge in [-0.05, 0) is 151 Å². The second-order valence-electron chi connectivity index (χ2n) is 16.9. The molecule has 0 aliphatic heterocycles. The lowest BCUT2D eigenvalue weighted by molar-refractivity contribution is 0.759. The third-order valence-electron chi connectivity index (χ3n) is 12.9. The fraction of sp³-hybridized carbons (Fsp3) is 0.200. The number of aryl methyl sites for hydroxylation is 8. The average Bonchev–Trinajstić information content (AvgIpc) is 3.16. The van der Waals surface area contributed by atoms with Crippen molar-refractivity contribution in [3.63, 3.8) is 0 Å². The average molecular weight is 723 g/mol. The van der Waals surface area contributed by atoms with Crippen LogP contribution in [0.1, 0.15) is 63.4 Å². The van der Waals surface area contributed by atoms with Gasteiger partial charge in [-0.15, -0.1) is 0 Å². The molecule has 8 aromatic carbocycles. The largest absolute Gasteiger partial charge is 0.243 e. The van der Waals surface area contributed by atoms with Crippen LogP contribution in [0.15, 0.2) is 127 Å². The van der Waals surface area contributed by atoms with Gasteiger partial charge in [-0.25, -0.2) is 0 Å². The number of rotatable bonds is 6. The summed E-state index contributed by atoms with van der Waals surface area (Å²) in [7, 11) is 0. The van der Waals surface area contributed by atoms with Gasteiger partial charge in [-0.1, -0.05) is 178 Å². The summed E-state index contributed by atoms with van der Waals surface area (Å²) in [4.78, 5) is 0. The van der Waals surface area contributed by atoms with Crippen molar-refractivity contribution in [1.82, 2.24) is 0 Å². The fourth-order valence-corrected chi connectivity index (χ4v) is 10.5. The van der Waals surface area contributed by atoms with Crippen LogP contribution in [0.5, 0.6) is 0 Å². The van der Waals surface area contributed by atoms with E-state index in [1.807, 2.05) is 0 Å². The molecule has 0 saturated heterocycles. The highest BCUT2D eigenvalue weighted by Gasteiger charge is 2.32. The topological polar surface area (TPSA) is 0 Å². The van der Waals surface area contributed by atoms with Crippen LogP contribution < -0.4 is 16.4 Å². The second-order valence-corrected chi connectivity index (χ2v) is 16.9. The molecule has 1 atom stereocenters. The highest BCUT2D eigenvalue weighted by molar-refractivity contribution is 6.98. The van der Waals surface area contributed by atoms with Crippen LogP contribution in [0.3, 0.4) is 0 Å². The van der Waals surface area contributed by atoms with Crippen molar-refractivity contribution in [2.24, 2.45) is 5.92 Å². The summed E-state index contributed by atoms with van der Waals surface area (Å²) < 4.78 is 0. The lowest BCUT2D eigenvalue weighted by Crippen LogP contribution is -2.56. The SMILES string of the molecule is Cc1cc(C)c(B(c2c(C)cc(C)cc2C)c2cc(-c3ccccc3C)c3ccc4c(C5=CC=CCC5C)cc(-c5ccccc5C)c5ccc2c3c45)c(C)c1. The molecule has 274 valence electrons. The van der Waals surface area contributed by atoms with E-state index < -0.39 is 0 Å². The molecule has 0 fully saturated rings. The van der Waals surface area contributed by atoms with E-state index in [4.69, 9.17) is 0 Å². The molecule has 0 N–H and O–H groups in total. The predicted molar refractivity (Wildman–Crippen MR) is 247 cm³/mol. The first-order chi connectivity index (χ1) is 27.0. The van der Waals surface area contributed by atoms with Gasteiger partial charge in [0.1, 0.15) is 0 Å². The smallest absolute Gasteiger partial charge is 0.0839 e. The molecule has 56 heavy (non-hydrogen) atoms. The fourth-order valence-electron chi connectivity index (χ4n) is 10.5. The molecule has 0 nitrogen and oxygen atoms in total. The quantitative estimate of drug-likeness (QED) is 0.118. The van der Waals surface area contributed by atoms with Crippen molar-refractivity contribution in [2.75, 3.05) is 0 Å². The maximum absolute atomic E-state index is 2.58. The minimum Gasteiger partial charge on any atom is -0.0839 e. The first-order valence-corrected chi connectivity index (χ1v) is 20.4. The standard InChI is InChI=1S/C55H51B/c1-32-26-37(6)54(38(7)27-32)56(55-39(8)28-33(2)29-40(55)9)51-31-50(43-21-15-12-18-36(43)5)46-23-22-44-48(41-19-13-10-16-34(41)3)30-49(42-20-14-11-17-35(42)4)45-24-25-47(51)53(46)52(44)45/h10-15,17-31,34H,16H2,1-9H3. The minimum absolute atomic E-state index is 0.0463. The third kappa shape index (κ3) is 5.74. The summed E-state index contributed by atoms with van der Waals surface area (Å²) in [5.74, 6) is 0.436. The Bertz CT molecular complexity index is 2830. The van der Waals surface area contributed by atoms with Crippen LogP contribution in [-0.2, 0) is 0 Å². The highest BCUT2D eigenvalue weighted by Crippen LogP contribution is 2.47. The zero-order valence-electron chi connectivity index (χ0n) is 34.5. The lowest BCUT2D eigenvalue weighted by Gasteiger charge is -2.28. The maximum atomic E-state index is 2.58. The van der Waals surface area contributed by atoms with Gasteiger partial charge < -0.3 is 0 Å². The van der Waals surface area contributed by atoms with Gasteiger partial charge in [-0.2, -0.15) is 0 Å². The lowest BCUT2D eigenvalue weighted by atomic mass is 9.33. The zero-order valence-corrected chi connectivity index (χ0v) is 34.5. The molecule has 1 aliphatic carbocycles. The van der Waals surface area contributed by atoms with E-state index in [2.05, 4.69) is 190 Å². The molecule has 0 heterocycles. The van der Waals surface area contributed by atoms with Crippen LogP contribution in [-0.4, -0.2) is 6.71 Å².